The van der Waals surface area contributed by atoms with E-state index in [2.05, 4.69) is 10.5 Å². The summed E-state index contributed by atoms with van der Waals surface area (Å²) in [5, 5.41) is 17.9. The van der Waals surface area contributed by atoms with Crippen molar-refractivity contribution in [3.05, 3.63) is 57.8 Å². The molecule has 0 saturated carbocycles. The lowest BCUT2D eigenvalue weighted by molar-refractivity contribution is -0.385. The average Bonchev–Trinajstić information content (AvgIpc) is 3.30. The van der Waals surface area contributed by atoms with E-state index in [4.69, 9.17) is 23.5 Å². The molecule has 0 atom stereocenters. The molecule has 0 unspecified atom stereocenters. The first kappa shape index (κ1) is 22.4. The molecule has 0 fully saturated rings. The molecule has 11 heteroatoms. The molecule has 0 radical (unpaired) electrons. The molecule has 1 amide bonds. The molecular weight excluding hydrogens is 422 g/mol. The molecule has 2 aromatic carbocycles. The Morgan fingerprint density at radius 1 is 0.969 bits per heavy atom. The van der Waals surface area contributed by atoms with Crippen LogP contribution in [0.3, 0.4) is 0 Å². The maximum absolute atomic E-state index is 12.6. The van der Waals surface area contributed by atoms with Crippen molar-refractivity contribution in [2.24, 2.45) is 0 Å². The lowest BCUT2D eigenvalue weighted by Gasteiger charge is -2.10. The lowest BCUT2D eigenvalue weighted by atomic mass is 10.1. The normalized spacial score (nSPS) is 10.4. The Kier molecular flexibility index (Phi) is 6.78. The van der Waals surface area contributed by atoms with E-state index in [1.165, 1.54) is 34.5 Å². The highest BCUT2D eigenvalue weighted by Crippen LogP contribution is 2.35. The van der Waals surface area contributed by atoms with Crippen LogP contribution >= 0.6 is 0 Å². The van der Waals surface area contributed by atoms with E-state index < -0.39 is 16.5 Å². The molecule has 11 nitrogen and oxygen atoms in total. The summed E-state index contributed by atoms with van der Waals surface area (Å²) in [6.45, 7) is -0.0128. The first-order chi connectivity index (χ1) is 15.4. The molecule has 0 aliphatic rings. The molecule has 0 aliphatic carbocycles. The van der Waals surface area contributed by atoms with Crippen LogP contribution in [0.25, 0.3) is 11.3 Å². The van der Waals surface area contributed by atoms with Crippen LogP contribution in [0.15, 0.2) is 40.9 Å². The number of methoxy groups -OCH3 is 4. The number of aromatic nitrogens is 1. The van der Waals surface area contributed by atoms with Gasteiger partial charge in [-0.05, 0) is 18.2 Å². The van der Waals surface area contributed by atoms with Gasteiger partial charge in [0.15, 0.2) is 28.8 Å². The maximum Gasteiger partial charge on any atom is 0.286 e. The van der Waals surface area contributed by atoms with Gasteiger partial charge >= 0.3 is 0 Å². The summed E-state index contributed by atoms with van der Waals surface area (Å²) in [6.07, 6.45) is 0. The molecule has 0 aliphatic heterocycles. The molecule has 1 heterocycles. The zero-order valence-corrected chi connectivity index (χ0v) is 17.8. The summed E-state index contributed by atoms with van der Waals surface area (Å²) in [5.41, 5.74) is 0.539. The van der Waals surface area contributed by atoms with Gasteiger partial charge in [-0.1, -0.05) is 5.16 Å². The highest BCUT2D eigenvalue weighted by atomic mass is 16.6. The Balaban J connectivity index is 1.78. The summed E-state index contributed by atoms with van der Waals surface area (Å²) < 4.78 is 26.0. The number of benzene rings is 2. The maximum atomic E-state index is 12.6. The molecule has 0 bridgehead atoms. The molecule has 3 aromatic rings. The molecule has 0 spiro atoms. The smallest absolute Gasteiger partial charge is 0.286 e. The average molecular weight is 443 g/mol. The highest BCUT2D eigenvalue weighted by molar-refractivity contribution is 5.99. The van der Waals surface area contributed by atoms with Crippen LogP contribution < -0.4 is 24.3 Å². The van der Waals surface area contributed by atoms with E-state index in [0.717, 1.165) is 6.07 Å². The third-order valence-electron chi connectivity index (χ3n) is 4.60. The third-order valence-corrected chi connectivity index (χ3v) is 4.60. The minimum absolute atomic E-state index is 0.0128. The molecule has 168 valence electrons. The quantitative estimate of drug-likeness (QED) is 0.390. The van der Waals surface area contributed by atoms with Gasteiger partial charge in [-0.25, -0.2) is 0 Å². The van der Waals surface area contributed by atoms with Gasteiger partial charge in [0, 0.05) is 17.7 Å². The van der Waals surface area contributed by atoms with Gasteiger partial charge < -0.3 is 28.8 Å². The number of nitrogens with zero attached hydrogens (tertiary/aromatic N) is 2. The summed E-state index contributed by atoms with van der Waals surface area (Å²) in [6, 6.07) is 9.27. The van der Waals surface area contributed by atoms with Gasteiger partial charge in [0.1, 0.15) is 11.3 Å². The number of hydrogen-bond donors (Lipinski definition) is 1. The van der Waals surface area contributed by atoms with Gasteiger partial charge in [0.25, 0.3) is 11.6 Å². The van der Waals surface area contributed by atoms with Crippen molar-refractivity contribution in [3.63, 3.8) is 0 Å². The topological polar surface area (TPSA) is 135 Å². The van der Waals surface area contributed by atoms with E-state index in [1.54, 1.807) is 24.3 Å². The van der Waals surface area contributed by atoms with Crippen molar-refractivity contribution in [1.29, 1.82) is 0 Å². The van der Waals surface area contributed by atoms with Crippen LogP contribution in [0.4, 0.5) is 5.69 Å². The number of nitro groups is 1. The van der Waals surface area contributed by atoms with Crippen molar-refractivity contribution < 1.29 is 33.2 Å². The van der Waals surface area contributed by atoms with Crippen LogP contribution in [0, 0.1) is 10.1 Å². The monoisotopic (exact) mass is 443 g/mol. The zero-order valence-electron chi connectivity index (χ0n) is 17.8. The molecule has 3 rings (SSSR count). The number of carbonyl (C=O) groups is 1. The number of carbonyl (C=O) groups excluding carboxylic acids is 1. The fourth-order valence-corrected chi connectivity index (χ4v) is 2.99. The number of hydrogen-bond acceptors (Lipinski definition) is 9. The second-order valence-corrected chi connectivity index (χ2v) is 6.42. The molecule has 0 saturated heterocycles. The summed E-state index contributed by atoms with van der Waals surface area (Å²) in [7, 11) is 5.78. The van der Waals surface area contributed by atoms with Crippen molar-refractivity contribution >= 4 is 11.6 Å². The summed E-state index contributed by atoms with van der Waals surface area (Å²) in [5.74, 6) is 1.21. The van der Waals surface area contributed by atoms with Crippen molar-refractivity contribution in [1.82, 2.24) is 10.5 Å². The fraction of sp³-hybridized carbons (Fsp3) is 0.238. The van der Waals surface area contributed by atoms with E-state index in [1.807, 2.05) is 0 Å². The summed E-state index contributed by atoms with van der Waals surface area (Å²) in [4.78, 5) is 23.4. The van der Waals surface area contributed by atoms with Gasteiger partial charge in [-0.2, -0.15) is 0 Å². The Morgan fingerprint density at radius 2 is 1.59 bits per heavy atom. The molecular formula is C21H21N3O8. The van der Waals surface area contributed by atoms with Crippen LogP contribution in [0.2, 0.25) is 0 Å². The number of ether oxygens (including phenoxy) is 4. The Morgan fingerprint density at radius 3 is 2.22 bits per heavy atom. The fourth-order valence-electron chi connectivity index (χ4n) is 2.99. The Hall–Kier alpha value is -4.28. The SMILES string of the molecule is COc1ccc(-c2cc(CNC(=O)c3cc(OC)c(OC)cc3[N+](=O)[O-])no2)cc1OC. The lowest BCUT2D eigenvalue weighted by Crippen LogP contribution is -2.24. The zero-order chi connectivity index (χ0) is 23.3. The number of amides is 1. The van der Waals surface area contributed by atoms with Gasteiger partial charge in [-0.3, -0.25) is 14.9 Å². The number of nitrogens with one attached hydrogen (secondary N) is 1. The van der Waals surface area contributed by atoms with Gasteiger partial charge in [0.2, 0.25) is 0 Å². The summed E-state index contributed by atoms with van der Waals surface area (Å²) >= 11 is 0. The van der Waals surface area contributed by atoms with E-state index in [0.29, 0.717) is 28.5 Å². The minimum Gasteiger partial charge on any atom is -0.493 e. The van der Waals surface area contributed by atoms with Crippen molar-refractivity contribution in [3.8, 4) is 34.3 Å². The molecule has 32 heavy (non-hydrogen) atoms. The standard InChI is InChI=1S/C21H21N3O8/c1-28-16-6-5-12(7-18(16)29-2)17-8-13(23-32-17)11-22-21(25)14-9-19(30-3)20(31-4)10-15(14)24(26)27/h5-10H,11H2,1-4H3,(H,22,25). The largest absolute Gasteiger partial charge is 0.493 e. The second kappa shape index (κ2) is 9.69. The Bertz CT molecular complexity index is 1140. The van der Waals surface area contributed by atoms with Gasteiger partial charge in [0.05, 0.1) is 46.0 Å². The first-order valence-corrected chi connectivity index (χ1v) is 9.28. The second-order valence-electron chi connectivity index (χ2n) is 6.42. The van der Waals surface area contributed by atoms with Crippen LogP contribution in [-0.4, -0.2) is 44.4 Å². The highest BCUT2D eigenvalue weighted by Gasteiger charge is 2.24. The Labute approximate surface area is 183 Å². The van der Waals surface area contributed by atoms with E-state index in [-0.39, 0.29) is 23.6 Å². The van der Waals surface area contributed by atoms with Gasteiger partial charge in [-0.15, -0.1) is 0 Å². The van der Waals surface area contributed by atoms with Crippen LogP contribution in [0.1, 0.15) is 16.1 Å². The van der Waals surface area contributed by atoms with E-state index in [9.17, 15) is 14.9 Å². The predicted octanol–water partition coefficient (Wildman–Crippen LogP) is 3.21. The third kappa shape index (κ3) is 4.56. The van der Waals surface area contributed by atoms with Crippen LogP contribution in [-0.2, 0) is 6.54 Å². The molecule has 1 N–H and O–H groups in total. The van der Waals surface area contributed by atoms with E-state index >= 15 is 0 Å². The van der Waals surface area contributed by atoms with Crippen molar-refractivity contribution in [2.75, 3.05) is 28.4 Å². The first-order valence-electron chi connectivity index (χ1n) is 9.28. The number of nitro benzene ring substituents is 1. The molecule has 1 aromatic heterocycles. The minimum atomic E-state index is -0.673. The number of rotatable bonds is 9. The predicted molar refractivity (Wildman–Crippen MR) is 112 cm³/mol. The van der Waals surface area contributed by atoms with Crippen molar-refractivity contribution in [2.45, 2.75) is 6.54 Å². The van der Waals surface area contributed by atoms with Crippen LogP contribution in [0.5, 0.6) is 23.0 Å².